The van der Waals surface area contributed by atoms with Crippen LogP contribution in [0, 0.1) is 12.1 Å². The zero-order valence-corrected chi connectivity index (χ0v) is 11.5. The highest BCUT2D eigenvalue weighted by molar-refractivity contribution is 5.77. The van der Waals surface area contributed by atoms with Crippen LogP contribution in [-0.4, -0.2) is 25.0 Å². The Morgan fingerprint density at radius 3 is 2.32 bits per heavy atom. The van der Waals surface area contributed by atoms with Crippen molar-refractivity contribution in [3.8, 4) is 0 Å². The molecule has 2 aromatic carbocycles. The first-order valence-corrected chi connectivity index (χ1v) is 6.21. The van der Waals surface area contributed by atoms with Crippen LogP contribution in [-0.2, 0) is 0 Å². The van der Waals surface area contributed by atoms with Gasteiger partial charge in [0, 0.05) is 37.5 Å². The van der Waals surface area contributed by atoms with Gasteiger partial charge < -0.3 is 10.1 Å². The molecule has 0 unspecified atom stereocenters. The number of nitrogens with zero attached hydrogens (tertiary/aromatic N) is 2. The van der Waals surface area contributed by atoms with Crippen LogP contribution in [0.2, 0.25) is 0 Å². The van der Waals surface area contributed by atoms with Crippen molar-refractivity contribution in [2.75, 3.05) is 19.0 Å². The third-order valence-corrected chi connectivity index (χ3v) is 2.93. The Bertz CT molecular complexity index is 586. The summed E-state index contributed by atoms with van der Waals surface area (Å²) in [4.78, 5) is 2.03. The van der Waals surface area contributed by atoms with E-state index in [9.17, 15) is 5.21 Å². The van der Waals surface area contributed by atoms with Gasteiger partial charge in [0.1, 0.15) is 0 Å². The maximum atomic E-state index is 12.0. The number of aryl methyl sites for hydroxylation is 1. The van der Waals surface area contributed by atoms with Gasteiger partial charge in [-0.15, -0.1) is 0 Å². The van der Waals surface area contributed by atoms with Crippen LogP contribution in [0.3, 0.4) is 0 Å². The predicted octanol–water partition coefficient (Wildman–Crippen LogP) is 3.32. The van der Waals surface area contributed by atoms with Crippen molar-refractivity contribution < 1.29 is 4.74 Å². The Morgan fingerprint density at radius 2 is 1.74 bits per heavy atom. The lowest BCUT2D eigenvalue weighted by Gasteiger charge is -2.11. The summed E-state index contributed by atoms with van der Waals surface area (Å²) in [6.45, 7) is 1.98. The zero-order valence-electron chi connectivity index (χ0n) is 11.5. The van der Waals surface area contributed by atoms with Crippen molar-refractivity contribution >= 4 is 17.6 Å². The van der Waals surface area contributed by atoms with Crippen LogP contribution < -0.4 is 4.90 Å². The lowest BCUT2D eigenvalue weighted by atomic mass is 10.2. The molecule has 2 aromatic rings. The van der Waals surface area contributed by atoms with Crippen LogP contribution in [0.4, 0.5) is 11.4 Å². The molecular formula is C16H18N2O. The smallest absolute Gasteiger partial charge is 0.216 e. The molecule has 0 aliphatic rings. The summed E-state index contributed by atoms with van der Waals surface area (Å²) >= 11 is 0. The third kappa shape index (κ3) is 3.35. The summed E-state index contributed by atoms with van der Waals surface area (Å²) in [6.07, 6.45) is 1.59. The average Bonchev–Trinajstić information content (AvgIpc) is 2.39. The Hall–Kier alpha value is -2.29. The van der Waals surface area contributed by atoms with E-state index in [0.717, 1.165) is 21.6 Å². The predicted molar refractivity (Wildman–Crippen MR) is 80.4 cm³/mol. The van der Waals surface area contributed by atoms with Gasteiger partial charge in [-0.05, 0) is 36.8 Å². The van der Waals surface area contributed by atoms with Crippen molar-refractivity contribution in [2.24, 2.45) is 0 Å². The van der Waals surface area contributed by atoms with E-state index in [0.29, 0.717) is 5.69 Å². The summed E-state index contributed by atoms with van der Waals surface area (Å²) in [6, 6.07) is 15.4. The van der Waals surface area contributed by atoms with Gasteiger partial charge in [0.25, 0.3) is 0 Å². The summed E-state index contributed by atoms with van der Waals surface area (Å²) in [5, 5.41) is 12.0. The van der Waals surface area contributed by atoms with E-state index in [1.54, 1.807) is 6.21 Å². The molecule has 0 aliphatic carbocycles. The SMILES string of the molecule is Cc1cccc(/[N+]([O-])=C/c2ccc(N(C)C)cc2)c1. The topological polar surface area (TPSA) is 29.3 Å². The minimum Gasteiger partial charge on any atom is -0.618 e. The fourth-order valence-corrected chi connectivity index (χ4v) is 1.83. The molecule has 19 heavy (non-hydrogen) atoms. The highest BCUT2D eigenvalue weighted by Crippen LogP contribution is 2.14. The van der Waals surface area contributed by atoms with Crippen molar-refractivity contribution in [3.63, 3.8) is 0 Å². The molecule has 0 aromatic heterocycles. The highest BCUT2D eigenvalue weighted by atomic mass is 16.5. The Kier molecular flexibility index (Phi) is 3.85. The molecule has 0 fully saturated rings. The molecule has 3 heteroatoms. The van der Waals surface area contributed by atoms with Gasteiger partial charge in [-0.25, -0.2) is 0 Å². The largest absolute Gasteiger partial charge is 0.618 e. The van der Waals surface area contributed by atoms with E-state index >= 15 is 0 Å². The van der Waals surface area contributed by atoms with Crippen molar-refractivity contribution in [1.82, 2.24) is 0 Å². The Labute approximate surface area is 114 Å². The minimum atomic E-state index is 0.650. The summed E-state index contributed by atoms with van der Waals surface area (Å²) in [5.74, 6) is 0. The molecule has 0 saturated carbocycles. The van der Waals surface area contributed by atoms with E-state index in [2.05, 4.69) is 0 Å². The van der Waals surface area contributed by atoms with Crippen molar-refractivity contribution in [2.45, 2.75) is 6.92 Å². The standard InChI is InChI=1S/C16H18N2O/c1-13-5-4-6-16(11-13)18(19)12-14-7-9-15(10-8-14)17(2)3/h4-12H,1-3H3/b18-12-. The maximum Gasteiger partial charge on any atom is 0.216 e. The molecule has 0 bridgehead atoms. The Balaban J connectivity index is 2.25. The lowest BCUT2D eigenvalue weighted by molar-refractivity contribution is -0.354. The maximum absolute atomic E-state index is 12.0. The van der Waals surface area contributed by atoms with Gasteiger partial charge in [-0.3, -0.25) is 0 Å². The molecule has 0 radical (unpaired) electrons. The average molecular weight is 254 g/mol. The van der Waals surface area contributed by atoms with E-state index in [-0.39, 0.29) is 0 Å². The molecule has 0 saturated heterocycles. The van der Waals surface area contributed by atoms with Gasteiger partial charge in [0.2, 0.25) is 5.69 Å². The molecule has 0 aliphatic heterocycles. The first kappa shape index (κ1) is 13.1. The van der Waals surface area contributed by atoms with Gasteiger partial charge in [0.15, 0.2) is 6.21 Å². The number of rotatable bonds is 3. The molecule has 2 rings (SSSR count). The number of hydrogen-bond donors (Lipinski definition) is 0. The third-order valence-electron chi connectivity index (χ3n) is 2.93. The summed E-state index contributed by atoms with van der Waals surface area (Å²) in [5.41, 5.74) is 3.73. The summed E-state index contributed by atoms with van der Waals surface area (Å²) < 4.78 is 0.900. The van der Waals surface area contributed by atoms with Gasteiger partial charge >= 0.3 is 0 Å². The summed E-state index contributed by atoms with van der Waals surface area (Å²) in [7, 11) is 3.98. The molecule has 0 atom stereocenters. The van der Waals surface area contributed by atoms with E-state index in [4.69, 9.17) is 0 Å². The molecule has 3 nitrogen and oxygen atoms in total. The van der Waals surface area contributed by atoms with Gasteiger partial charge in [-0.1, -0.05) is 12.1 Å². The molecule has 98 valence electrons. The van der Waals surface area contributed by atoms with Crippen LogP contribution in [0.5, 0.6) is 0 Å². The molecule has 0 spiro atoms. The second-order valence-electron chi connectivity index (χ2n) is 4.78. The molecule has 0 amide bonds. The first-order chi connectivity index (χ1) is 9.06. The number of benzene rings is 2. The molecule has 0 heterocycles. The first-order valence-electron chi connectivity index (χ1n) is 6.21. The van der Waals surface area contributed by atoms with Crippen LogP contribution in [0.1, 0.15) is 11.1 Å². The second kappa shape index (κ2) is 5.57. The van der Waals surface area contributed by atoms with Gasteiger partial charge in [0.05, 0.1) is 0 Å². The minimum absolute atomic E-state index is 0.650. The quantitative estimate of drug-likeness (QED) is 0.364. The Morgan fingerprint density at radius 1 is 1.05 bits per heavy atom. The van der Waals surface area contributed by atoms with Crippen LogP contribution in [0.15, 0.2) is 48.5 Å². The number of hydrogen-bond acceptors (Lipinski definition) is 2. The van der Waals surface area contributed by atoms with E-state index < -0.39 is 0 Å². The molecular weight excluding hydrogens is 236 g/mol. The van der Waals surface area contributed by atoms with Crippen LogP contribution in [0.25, 0.3) is 0 Å². The van der Waals surface area contributed by atoms with E-state index in [1.807, 2.05) is 74.4 Å². The van der Waals surface area contributed by atoms with Crippen LogP contribution >= 0.6 is 0 Å². The van der Waals surface area contributed by atoms with E-state index in [1.165, 1.54) is 0 Å². The van der Waals surface area contributed by atoms with Gasteiger partial charge in [-0.2, -0.15) is 4.74 Å². The monoisotopic (exact) mass is 254 g/mol. The molecule has 0 N–H and O–H groups in total. The fraction of sp³-hybridized carbons (Fsp3) is 0.188. The zero-order chi connectivity index (χ0) is 13.8. The van der Waals surface area contributed by atoms with Crippen molar-refractivity contribution in [1.29, 1.82) is 0 Å². The van der Waals surface area contributed by atoms with Crippen molar-refractivity contribution in [3.05, 3.63) is 64.9 Å². The normalized spacial score (nSPS) is 11.4. The lowest BCUT2D eigenvalue weighted by Crippen LogP contribution is -2.08. The second-order valence-corrected chi connectivity index (χ2v) is 4.78. The highest BCUT2D eigenvalue weighted by Gasteiger charge is 2.02. The fourth-order valence-electron chi connectivity index (χ4n) is 1.83. The number of anilines is 1.